The predicted octanol–water partition coefficient (Wildman–Crippen LogP) is 4.02. The third-order valence-electron chi connectivity index (χ3n) is 5.06. The number of nitrogens with zero attached hydrogens (tertiary/aromatic N) is 1. The summed E-state index contributed by atoms with van der Waals surface area (Å²) >= 11 is 0. The first-order valence-corrected chi connectivity index (χ1v) is 8.51. The molecule has 1 aliphatic carbocycles. The molecule has 2 heteroatoms. The third kappa shape index (κ3) is 3.87. The molecule has 3 unspecified atom stereocenters. The molecule has 0 amide bonds. The number of hydrogen-bond donors (Lipinski definition) is 1. The van der Waals surface area contributed by atoms with E-state index in [1.54, 1.807) is 0 Å². The number of rotatable bonds is 5. The van der Waals surface area contributed by atoms with Gasteiger partial charge in [-0.15, -0.1) is 0 Å². The monoisotopic (exact) mass is 288 g/mol. The molecule has 2 rings (SSSR count). The van der Waals surface area contributed by atoms with E-state index in [-0.39, 0.29) is 0 Å². The van der Waals surface area contributed by atoms with Crippen LogP contribution >= 0.6 is 0 Å². The maximum atomic E-state index is 3.60. The van der Waals surface area contributed by atoms with Crippen LogP contribution in [0.1, 0.15) is 57.2 Å². The van der Waals surface area contributed by atoms with E-state index in [0.717, 1.165) is 5.92 Å². The zero-order valence-electron chi connectivity index (χ0n) is 14.4. The smallest absolute Gasteiger partial charge is 0.0478 e. The molecule has 0 fully saturated rings. The second kappa shape index (κ2) is 7.42. The van der Waals surface area contributed by atoms with Crippen LogP contribution in [0.25, 0.3) is 0 Å². The van der Waals surface area contributed by atoms with E-state index >= 15 is 0 Å². The van der Waals surface area contributed by atoms with E-state index in [1.807, 2.05) is 0 Å². The number of nitrogens with one attached hydrogen (secondary N) is 1. The Kier molecular flexibility index (Phi) is 5.83. The van der Waals surface area contributed by atoms with E-state index in [2.05, 4.69) is 69.3 Å². The average Bonchev–Trinajstić information content (AvgIpc) is 2.64. The Morgan fingerprint density at radius 3 is 2.62 bits per heavy atom. The number of fused-ring (bicyclic) bond motifs is 1. The molecule has 0 saturated heterocycles. The summed E-state index contributed by atoms with van der Waals surface area (Å²) in [4.78, 5) is 2.61. The Balaban J connectivity index is 2.22. The summed E-state index contributed by atoms with van der Waals surface area (Å²) < 4.78 is 0. The average molecular weight is 288 g/mol. The molecule has 118 valence electrons. The molecule has 1 aliphatic rings. The van der Waals surface area contributed by atoms with Crippen LogP contribution in [0.2, 0.25) is 0 Å². The SMILES string of the molecule is CNC1c2ccccc2CCCC1N(C)C(C)CC(C)C. The summed E-state index contributed by atoms with van der Waals surface area (Å²) in [6.07, 6.45) is 5.06. The highest BCUT2D eigenvalue weighted by Crippen LogP contribution is 2.32. The largest absolute Gasteiger partial charge is 0.312 e. The van der Waals surface area contributed by atoms with Gasteiger partial charge < -0.3 is 5.32 Å². The highest BCUT2D eigenvalue weighted by atomic mass is 15.2. The minimum absolute atomic E-state index is 0.448. The van der Waals surface area contributed by atoms with Gasteiger partial charge in [-0.2, -0.15) is 0 Å². The minimum atomic E-state index is 0.448. The Morgan fingerprint density at radius 2 is 1.95 bits per heavy atom. The van der Waals surface area contributed by atoms with E-state index in [4.69, 9.17) is 0 Å². The number of benzene rings is 1. The fraction of sp³-hybridized carbons (Fsp3) is 0.684. The van der Waals surface area contributed by atoms with Gasteiger partial charge in [0.25, 0.3) is 0 Å². The molecule has 0 aromatic heterocycles. The lowest BCUT2D eigenvalue weighted by Crippen LogP contribution is -2.46. The van der Waals surface area contributed by atoms with Crippen LogP contribution in [0.3, 0.4) is 0 Å². The van der Waals surface area contributed by atoms with E-state index in [1.165, 1.54) is 36.8 Å². The molecule has 0 heterocycles. The first-order valence-electron chi connectivity index (χ1n) is 8.51. The fourth-order valence-corrected chi connectivity index (χ4v) is 3.90. The first kappa shape index (κ1) is 16.5. The van der Waals surface area contributed by atoms with Crippen LogP contribution in [-0.4, -0.2) is 31.1 Å². The van der Waals surface area contributed by atoms with Crippen molar-refractivity contribution in [3.8, 4) is 0 Å². The lowest BCUT2D eigenvalue weighted by Gasteiger charge is -2.38. The van der Waals surface area contributed by atoms with Crippen molar-refractivity contribution in [2.45, 2.75) is 64.6 Å². The van der Waals surface area contributed by atoms with Crippen molar-refractivity contribution in [2.75, 3.05) is 14.1 Å². The maximum absolute atomic E-state index is 3.60. The molecule has 0 saturated carbocycles. The van der Waals surface area contributed by atoms with Crippen LogP contribution < -0.4 is 5.32 Å². The molecule has 3 atom stereocenters. The van der Waals surface area contributed by atoms with Crippen molar-refractivity contribution in [3.05, 3.63) is 35.4 Å². The highest BCUT2D eigenvalue weighted by Gasteiger charge is 2.31. The maximum Gasteiger partial charge on any atom is 0.0478 e. The normalized spacial score (nSPS) is 24.0. The summed E-state index contributed by atoms with van der Waals surface area (Å²) in [5.41, 5.74) is 3.04. The molecule has 1 N–H and O–H groups in total. The van der Waals surface area contributed by atoms with E-state index in [9.17, 15) is 0 Å². The molecule has 0 radical (unpaired) electrons. The minimum Gasteiger partial charge on any atom is -0.312 e. The van der Waals surface area contributed by atoms with Crippen LogP contribution in [0.5, 0.6) is 0 Å². The number of likely N-dealkylation sites (N-methyl/N-ethyl adjacent to an activating group) is 2. The zero-order chi connectivity index (χ0) is 15.4. The van der Waals surface area contributed by atoms with Crippen molar-refractivity contribution < 1.29 is 0 Å². The van der Waals surface area contributed by atoms with Crippen LogP contribution in [-0.2, 0) is 6.42 Å². The highest BCUT2D eigenvalue weighted by molar-refractivity contribution is 5.32. The summed E-state index contributed by atoms with van der Waals surface area (Å²) in [6.45, 7) is 7.02. The lowest BCUT2D eigenvalue weighted by atomic mass is 9.93. The molecular formula is C19H32N2. The fourth-order valence-electron chi connectivity index (χ4n) is 3.90. The summed E-state index contributed by atoms with van der Waals surface area (Å²) in [7, 11) is 4.43. The van der Waals surface area contributed by atoms with Gasteiger partial charge in [0.05, 0.1) is 0 Å². The van der Waals surface area contributed by atoms with Gasteiger partial charge in [-0.1, -0.05) is 38.1 Å². The van der Waals surface area contributed by atoms with E-state index in [0.29, 0.717) is 18.1 Å². The summed E-state index contributed by atoms with van der Waals surface area (Å²) in [5.74, 6) is 0.758. The quantitative estimate of drug-likeness (QED) is 0.823. The van der Waals surface area contributed by atoms with Crippen LogP contribution in [0.15, 0.2) is 24.3 Å². The molecule has 0 aliphatic heterocycles. The van der Waals surface area contributed by atoms with Gasteiger partial charge in [-0.25, -0.2) is 0 Å². The van der Waals surface area contributed by atoms with Crippen LogP contribution in [0.4, 0.5) is 0 Å². The lowest BCUT2D eigenvalue weighted by molar-refractivity contribution is 0.127. The van der Waals surface area contributed by atoms with Crippen molar-refractivity contribution in [3.63, 3.8) is 0 Å². The summed E-state index contributed by atoms with van der Waals surface area (Å²) in [6, 6.07) is 10.7. The Bertz CT molecular complexity index is 441. The molecule has 1 aromatic rings. The Morgan fingerprint density at radius 1 is 1.24 bits per heavy atom. The zero-order valence-corrected chi connectivity index (χ0v) is 14.4. The van der Waals surface area contributed by atoms with Crippen molar-refractivity contribution in [2.24, 2.45) is 5.92 Å². The van der Waals surface area contributed by atoms with Gasteiger partial charge >= 0.3 is 0 Å². The van der Waals surface area contributed by atoms with Crippen molar-refractivity contribution >= 4 is 0 Å². The summed E-state index contributed by atoms with van der Waals surface area (Å²) in [5, 5.41) is 3.60. The van der Waals surface area contributed by atoms with Gasteiger partial charge in [0, 0.05) is 18.1 Å². The van der Waals surface area contributed by atoms with Gasteiger partial charge in [0.1, 0.15) is 0 Å². The second-order valence-electron chi connectivity index (χ2n) is 7.07. The topological polar surface area (TPSA) is 15.3 Å². The van der Waals surface area contributed by atoms with Crippen molar-refractivity contribution in [1.29, 1.82) is 0 Å². The first-order chi connectivity index (χ1) is 10.0. The molecule has 2 nitrogen and oxygen atoms in total. The molecule has 21 heavy (non-hydrogen) atoms. The molecule has 0 spiro atoms. The molecular weight excluding hydrogens is 256 g/mol. The molecule has 1 aromatic carbocycles. The van der Waals surface area contributed by atoms with Gasteiger partial charge in [-0.05, 0) is 63.7 Å². The van der Waals surface area contributed by atoms with Gasteiger partial charge in [0.2, 0.25) is 0 Å². The third-order valence-corrected chi connectivity index (χ3v) is 5.06. The Labute approximate surface area is 130 Å². The number of hydrogen-bond acceptors (Lipinski definition) is 2. The number of aryl methyl sites for hydroxylation is 1. The molecule has 0 bridgehead atoms. The van der Waals surface area contributed by atoms with Gasteiger partial charge in [0.15, 0.2) is 0 Å². The van der Waals surface area contributed by atoms with Gasteiger partial charge in [-0.3, -0.25) is 4.90 Å². The Hall–Kier alpha value is -0.860. The van der Waals surface area contributed by atoms with E-state index < -0.39 is 0 Å². The van der Waals surface area contributed by atoms with Crippen LogP contribution in [0, 0.1) is 5.92 Å². The predicted molar refractivity (Wildman–Crippen MR) is 91.6 cm³/mol. The van der Waals surface area contributed by atoms with Crippen molar-refractivity contribution in [1.82, 2.24) is 10.2 Å². The standard InChI is InChI=1S/C19H32N2/c1-14(2)13-15(3)21(5)18-12-8-10-16-9-6-7-11-17(16)19(18)20-4/h6-7,9,11,14-15,18-20H,8,10,12-13H2,1-5H3. The second-order valence-corrected chi connectivity index (χ2v) is 7.07.